The van der Waals surface area contributed by atoms with Crippen molar-refractivity contribution in [1.82, 2.24) is 14.5 Å². The highest BCUT2D eigenvalue weighted by Gasteiger charge is 2.41. The number of pyridine rings is 1. The van der Waals surface area contributed by atoms with Gasteiger partial charge in [-0.15, -0.1) is 0 Å². The minimum absolute atomic E-state index is 0.0805. The summed E-state index contributed by atoms with van der Waals surface area (Å²) in [6.45, 7) is 0.605. The summed E-state index contributed by atoms with van der Waals surface area (Å²) in [5.74, 6) is -0.525. The summed E-state index contributed by atoms with van der Waals surface area (Å²) in [7, 11) is 1.33. The Labute approximate surface area is 258 Å². The largest absolute Gasteiger partial charge is 0.473 e. The SMILES string of the molecule is COC(=O)c1ccc2nc(Cc3ccc(-c4cccc(OCc5ccc(C#N)cc5F)n4)cc3F)n(CCC3(CO)CC3)c2c1. The van der Waals surface area contributed by atoms with E-state index in [0.717, 1.165) is 30.8 Å². The molecule has 3 aromatic carbocycles. The monoisotopic (exact) mass is 608 g/mol. The second kappa shape index (κ2) is 12.5. The number of methoxy groups -OCH3 is 1. The highest BCUT2D eigenvalue weighted by molar-refractivity contribution is 5.93. The Kier molecular flexibility index (Phi) is 8.28. The van der Waals surface area contributed by atoms with Crippen LogP contribution in [0.1, 0.15) is 52.1 Å². The van der Waals surface area contributed by atoms with Crippen LogP contribution in [0.4, 0.5) is 8.78 Å². The Morgan fingerprint density at radius 1 is 1.02 bits per heavy atom. The van der Waals surface area contributed by atoms with Crippen LogP contribution in [0.15, 0.2) is 72.8 Å². The van der Waals surface area contributed by atoms with Gasteiger partial charge in [0.15, 0.2) is 0 Å². The van der Waals surface area contributed by atoms with Crippen LogP contribution < -0.4 is 4.74 Å². The first-order chi connectivity index (χ1) is 21.8. The van der Waals surface area contributed by atoms with Crippen molar-refractivity contribution in [3.63, 3.8) is 0 Å². The molecule has 1 N–H and O–H groups in total. The van der Waals surface area contributed by atoms with E-state index >= 15 is 4.39 Å². The van der Waals surface area contributed by atoms with E-state index in [-0.39, 0.29) is 42.1 Å². The number of halogens is 2. The van der Waals surface area contributed by atoms with E-state index in [1.54, 1.807) is 48.5 Å². The van der Waals surface area contributed by atoms with E-state index in [1.165, 1.54) is 25.3 Å². The van der Waals surface area contributed by atoms with Gasteiger partial charge in [-0.05, 0) is 72.7 Å². The molecular formula is C35H30F2N4O4. The number of benzene rings is 3. The maximum atomic E-state index is 15.6. The normalized spacial score (nSPS) is 13.4. The molecule has 1 fully saturated rings. The maximum absolute atomic E-state index is 15.6. The minimum atomic E-state index is -0.541. The lowest BCUT2D eigenvalue weighted by Gasteiger charge is -2.15. The van der Waals surface area contributed by atoms with Crippen LogP contribution in [0.2, 0.25) is 0 Å². The standard InChI is InChI=1S/C35H30F2N4O4/c1-44-34(43)25-9-10-30-31(17-25)41(14-13-35(21-42)11-12-35)32(39-30)18-23-7-8-24(16-28(23)37)29-3-2-4-33(40-29)45-20-26-6-5-22(19-38)15-27(26)36/h2-10,15-17,42H,11-14,18,20-21H2,1H3. The van der Waals surface area contributed by atoms with E-state index in [0.29, 0.717) is 40.3 Å². The van der Waals surface area contributed by atoms with Gasteiger partial charge in [-0.1, -0.05) is 24.3 Å². The van der Waals surface area contributed by atoms with Crippen molar-refractivity contribution in [2.24, 2.45) is 5.41 Å². The average molecular weight is 609 g/mol. The Hall–Kier alpha value is -5.14. The number of nitrogens with zero attached hydrogens (tertiary/aromatic N) is 4. The molecule has 2 aromatic heterocycles. The molecule has 1 aliphatic carbocycles. The summed E-state index contributed by atoms with van der Waals surface area (Å²) in [5, 5.41) is 18.8. The van der Waals surface area contributed by atoms with Crippen molar-refractivity contribution in [3.8, 4) is 23.2 Å². The quantitative estimate of drug-likeness (QED) is 0.174. The number of rotatable bonds is 11. The smallest absolute Gasteiger partial charge is 0.337 e. The van der Waals surface area contributed by atoms with E-state index in [4.69, 9.17) is 19.7 Å². The fourth-order valence-electron chi connectivity index (χ4n) is 5.38. The zero-order valence-corrected chi connectivity index (χ0v) is 24.6. The Morgan fingerprint density at radius 3 is 2.53 bits per heavy atom. The lowest BCUT2D eigenvalue weighted by molar-refractivity contribution is 0.0601. The molecular weight excluding hydrogens is 578 g/mol. The van der Waals surface area contributed by atoms with Gasteiger partial charge in [0.05, 0.1) is 41.0 Å². The molecule has 0 amide bonds. The highest BCUT2D eigenvalue weighted by Crippen LogP contribution is 2.48. The van der Waals surface area contributed by atoms with Gasteiger partial charge in [-0.3, -0.25) is 0 Å². The number of carbonyl (C=O) groups is 1. The molecule has 0 radical (unpaired) electrons. The Morgan fingerprint density at radius 2 is 1.82 bits per heavy atom. The predicted octanol–water partition coefficient (Wildman–Crippen LogP) is 6.37. The van der Waals surface area contributed by atoms with Crippen LogP contribution in [0, 0.1) is 28.4 Å². The van der Waals surface area contributed by atoms with Gasteiger partial charge in [0, 0.05) is 36.8 Å². The van der Waals surface area contributed by atoms with Crippen LogP contribution >= 0.6 is 0 Å². The predicted molar refractivity (Wildman–Crippen MR) is 162 cm³/mol. The molecule has 8 nitrogen and oxygen atoms in total. The van der Waals surface area contributed by atoms with Gasteiger partial charge in [0.25, 0.3) is 0 Å². The van der Waals surface area contributed by atoms with Gasteiger partial charge in [-0.2, -0.15) is 5.26 Å². The molecule has 228 valence electrons. The second-order valence-electron chi connectivity index (χ2n) is 11.3. The summed E-state index contributed by atoms with van der Waals surface area (Å²) >= 11 is 0. The summed E-state index contributed by atoms with van der Waals surface area (Å²) in [4.78, 5) is 21.5. The van der Waals surface area contributed by atoms with E-state index in [9.17, 15) is 14.3 Å². The number of fused-ring (bicyclic) bond motifs is 1. The van der Waals surface area contributed by atoms with Crippen LogP contribution in [0.5, 0.6) is 5.88 Å². The summed E-state index contributed by atoms with van der Waals surface area (Å²) < 4.78 is 42.4. The van der Waals surface area contributed by atoms with Gasteiger partial charge < -0.3 is 19.1 Å². The molecule has 6 rings (SSSR count). The van der Waals surface area contributed by atoms with Gasteiger partial charge >= 0.3 is 5.97 Å². The second-order valence-corrected chi connectivity index (χ2v) is 11.3. The van der Waals surface area contributed by atoms with Gasteiger partial charge in [0.1, 0.15) is 24.1 Å². The van der Waals surface area contributed by atoms with E-state index in [2.05, 4.69) is 4.98 Å². The fraction of sp³-hybridized carbons (Fsp3) is 0.257. The van der Waals surface area contributed by atoms with Crippen LogP contribution in [0.25, 0.3) is 22.3 Å². The third-order valence-electron chi connectivity index (χ3n) is 8.39. The number of ether oxygens (including phenoxy) is 2. The third-order valence-corrected chi connectivity index (χ3v) is 8.39. The fourth-order valence-corrected chi connectivity index (χ4v) is 5.38. The number of hydrogen-bond donors (Lipinski definition) is 1. The van der Waals surface area contributed by atoms with Crippen LogP contribution in [-0.2, 0) is 24.3 Å². The van der Waals surface area contributed by atoms with Crippen molar-refractivity contribution in [3.05, 3.63) is 113 Å². The molecule has 0 saturated heterocycles. The number of carbonyl (C=O) groups excluding carboxylic acids is 1. The molecule has 0 atom stereocenters. The first-order valence-corrected chi connectivity index (χ1v) is 14.6. The molecule has 0 unspecified atom stereocenters. The molecule has 10 heteroatoms. The average Bonchev–Trinajstić information content (AvgIpc) is 3.77. The minimum Gasteiger partial charge on any atom is -0.473 e. The molecule has 0 bridgehead atoms. The number of imidazole rings is 1. The number of nitriles is 1. The molecule has 2 heterocycles. The number of aryl methyl sites for hydroxylation is 1. The topological polar surface area (TPSA) is 110 Å². The van der Waals surface area contributed by atoms with Crippen LogP contribution in [-0.4, -0.2) is 39.3 Å². The summed E-state index contributed by atoms with van der Waals surface area (Å²) in [6.07, 6.45) is 2.88. The number of aromatic nitrogens is 3. The molecule has 45 heavy (non-hydrogen) atoms. The maximum Gasteiger partial charge on any atom is 0.337 e. The van der Waals surface area contributed by atoms with Crippen molar-refractivity contribution in [2.75, 3.05) is 13.7 Å². The summed E-state index contributed by atoms with van der Waals surface area (Å²) in [6, 6.07) is 21.2. The third kappa shape index (κ3) is 6.40. The molecule has 0 spiro atoms. The lowest BCUT2D eigenvalue weighted by atomic mass is 10.0. The van der Waals surface area contributed by atoms with Crippen molar-refractivity contribution >= 4 is 17.0 Å². The lowest BCUT2D eigenvalue weighted by Crippen LogP contribution is -2.13. The zero-order valence-electron chi connectivity index (χ0n) is 24.6. The van der Waals surface area contributed by atoms with Crippen molar-refractivity contribution in [1.29, 1.82) is 5.26 Å². The Bertz CT molecular complexity index is 1940. The van der Waals surface area contributed by atoms with Crippen LogP contribution in [0.3, 0.4) is 0 Å². The summed E-state index contributed by atoms with van der Waals surface area (Å²) in [5.41, 5.74) is 3.72. The van der Waals surface area contributed by atoms with Gasteiger partial charge in [-0.25, -0.2) is 23.5 Å². The first kappa shape index (κ1) is 29.9. The molecule has 1 aliphatic rings. The zero-order chi connectivity index (χ0) is 31.6. The van der Waals surface area contributed by atoms with Crippen molar-refractivity contribution in [2.45, 2.75) is 38.8 Å². The van der Waals surface area contributed by atoms with E-state index < -0.39 is 17.6 Å². The molecule has 5 aromatic rings. The highest BCUT2D eigenvalue weighted by atomic mass is 19.1. The van der Waals surface area contributed by atoms with Crippen molar-refractivity contribution < 1.29 is 28.2 Å². The number of aliphatic hydroxyl groups excluding tert-OH is 1. The Balaban J connectivity index is 1.23. The first-order valence-electron chi connectivity index (χ1n) is 14.6. The molecule has 1 saturated carbocycles. The van der Waals surface area contributed by atoms with Gasteiger partial charge in [0.2, 0.25) is 5.88 Å². The number of hydrogen-bond acceptors (Lipinski definition) is 7. The number of aliphatic hydroxyl groups is 1. The number of esters is 1. The molecule has 0 aliphatic heterocycles. The van der Waals surface area contributed by atoms with E-state index in [1.807, 2.05) is 10.6 Å².